The van der Waals surface area contributed by atoms with E-state index in [9.17, 15) is 0 Å². The van der Waals surface area contributed by atoms with Crippen molar-refractivity contribution in [2.24, 2.45) is 5.92 Å². The molecule has 1 heterocycles. The molecular formula is C15H17N. The molecule has 1 aliphatic carbocycles. The zero-order chi connectivity index (χ0) is 11.5. The minimum Gasteiger partial charge on any atom is -0.369 e. The maximum atomic E-state index is 5.45. The van der Waals surface area contributed by atoms with Crippen LogP contribution in [0.1, 0.15) is 13.3 Å². The molecule has 1 aliphatic heterocycles. The summed E-state index contributed by atoms with van der Waals surface area (Å²) in [5, 5.41) is 0. The highest BCUT2D eigenvalue weighted by molar-refractivity contribution is 5.42. The normalized spacial score (nSPS) is 27.7. The minimum absolute atomic E-state index is 0.444. The molecule has 0 saturated heterocycles. The van der Waals surface area contributed by atoms with E-state index in [0.717, 1.165) is 0 Å². The van der Waals surface area contributed by atoms with Crippen molar-refractivity contribution in [3.63, 3.8) is 0 Å². The lowest BCUT2D eigenvalue weighted by Crippen LogP contribution is -2.29. The lowest BCUT2D eigenvalue weighted by Gasteiger charge is -2.26. The first-order valence-electron chi connectivity index (χ1n) is 5.66. The van der Waals surface area contributed by atoms with E-state index in [1.54, 1.807) is 0 Å². The van der Waals surface area contributed by atoms with E-state index in [4.69, 9.17) is 6.42 Å². The molecule has 2 rings (SSSR count). The molecule has 82 valence electrons. The Hall–Kier alpha value is -1.68. The lowest BCUT2D eigenvalue weighted by molar-refractivity contribution is 0.352. The van der Waals surface area contributed by atoms with Gasteiger partial charge in [-0.15, -0.1) is 12.3 Å². The largest absolute Gasteiger partial charge is 0.369 e. The van der Waals surface area contributed by atoms with Crippen LogP contribution in [0.4, 0.5) is 0 Å². The number of fused-ring (bicyclic) bond motifs is 1. The second kappa shape index (κ2) is 4.45. The van der Waals surface area contributed by atoms with E-state index in [0.29, 0.717) is 18.4 Å². The minimum atomic E-state index is 0.444. The first-order chi connectivity index (χ1) is 7.79. The molecule has 0 aromatic rings. The highest BCUT2D eigenvalue weighted by Crippen LogP contribution is 2.38. The molecule has 1 heteroatoms. The highest BCUT2D eigenvalue weighted by atomic mass is 15.2. The Morgan fingerprint density at radius 1 is 1.44 bits per heavy atom. The van der Waals surface area contributed by atoms with Crippen molar-refractivity contribution < 1.29 is 0 Å². The molecule has 0 radical (unpaired) electrons. The Bertz CT molecular complexity index is 429. The summed E-state index contributed by atoms with van der Waals surface area (Å²) in [5.74, 6) is 3.22. The SMILES string of the molecule is C#CCC1=C(/C=C\C)C2C=CC=CC2N1C. The summed E-state index contributed by atoms with van der Waals surface area (Å²) in [6.07, 6.45) is 19.2. The second-order valence-corrected chi connectivity index (χ2v) is 4.18. The average molecular weight is 211 g/mol. The maximum Gasteiger partial charge on any atom is 0.0574 e. The van der Waals surface area contributed by atoms with E-state index in [-0.39, 0.29) is 0 Å². The predicted octanol–water partition coefficient (Wildman–Crippen LogP) is 2.90. The molecule has 0 fully saturated rings. The number of allylic oxidation sites excluding steroid dienone is 5. The smallest absolute Gasteiger partial charge is 0.0574 e. The Morgan fingerprint density at radius 2 is 2.19 bits per heavy atom. The van der Waals surface area contributed by atoms with Gasteiger partial charge in [0.2, 0.25) is 0 Å². The van der Waals surface area contributed by atoms with E-state index < -0.39 is 0 Å². The van der Waals surface area contributed by atoms with Crippen LogP contribution in [0.15, 0.2) is 47.7 Å². The summed E-state index contributed by atoms with van der Waals surface area (Å²) in [6, 6.07) is 0.444. The third kappa shape index (κ3) is 1.61. The summed E-state index contributed by atoms with van der Waals surface area (Å²) < 4.78 is 0. The van der Waals surface area contributed by atoms with Gasteiger partial charge >= 0.3 is 0 Å². The number of nitrogens with zero attached hydrogens (tertiary/aromatic N) is 1. The number of likely N-dealkylation sites (N-methyl/N-ethyl adjacent to an activating group) is 1. The van der Waals surface area contributed by atoms with Crippen LogP contribution in [0.5, 0.6) is 0 Å². The molecule has 2 unspecified atom stereocenters. The molecule has 0 spiro atoms. The van der Waals surface area contributed by atoms with Gasteiger partial charge in [-0.05, 0) is 12.5 Å². The quantitative estimate of drug-likeness (QED) is 0.635. The molecule has 2 aliphatic rings. The summed E-state index contributed by atoms with van der Waals surface area (Å²) in [6.45, 7) is 2.05. The first kappa shape index (κ1) is 10.8. The fourth-order valence-electron chi connectivity index (χ4n) is 2.54. The summed E-state index contributed by atoms with van der Waals surface area (Å²) >= 11 is 0. The molecule has 0 amide bonds. The van der Waals surface area contributed by atoms with Crippen LogP contribution in [0.2, 0.25) is 0 Å². The van der Waals surface area contributed by atoms with Crippen molar-refractivity contribution in [3.8, 4) is 12.3 Å². The fourth-order valence-corrected chi connectivity index (χ4v) is 2.54. The van der Waals surface area contributed by atoms with Crippen LogP contribution in [-0.2, 0) is 0 Å². The van der Waals surface area contributed by atoms with Gasteiger partial charge in [0.25, 0.3) is 0 Å². The van der Waals surface area contributed by atoms with Crippen molar-refractivity contribution in [2.45, 2.75) is 19.4 Å². The van der Waals surface area contributed by atoms with Gasteiger partial charge in [0.05, 0.1) is 6.04 Å². The van der Waals surface area contributed by atoms with Gasteiger partial charge in [0.1, 0.15) is 0 Å². The Balaban J connectivity index is 2.42. The second-order valence-electron chi connectivity index (χ2n) is 4.18. The lowest BCUT2D eigenvalue weighted by atomic mass is 9.90. The molecule has 0 saturated carbocycles. The van der Waals surface area contributed by atoms with E-state index in [2.05, 4.69) is 61.2 Å². The van der Waals surface area contributed by atoms with Gasteiger partial charge in [-0.1, -0.05) is 36.5 Å². The maximum absolute atomic E-state index is 5.45. The molecule has 0 N–H and O–H groups in total. The molecule has 0 bridgehead atoms. The number of hydrogen-bond acceptors (Lipinski definition) is 1. The molecule has 0 aromatic carbocycles. The highest BCUT2D eigenvalue weighted by Gasteiger charge is 2.34. The van der Waals surface area contributed by atoms with Crippen molar-refractivity contribution >= 4 is 0 Å². The van der Waals surface area contributed by atoms with E-state index in [1.807, 2.05) is 0 Å². The van der Waals surface area contributed by atoms with E-state index in [1.165, 1.54) is 11.3 Å². The Kier molecular flexibility index (Phi) is 3.01. The van der Waals surface area contributed by atoms with Crippen LogP contribution in [0, 0.1) is 18.3 Å². The van der Waals surface area contributed by atoms with Crippen LogP contribution in [0.25, 0.3) is 0 Å². The number of terminal acetylenes is 1. The van der Waals surface area contributed by atoms with Crippen LogP contribution in [-0.4, -0.2) is 18.0 Å². The van der Waals surface area contributed by atoms with Crippen molar-refractivity contribution in [2.75, 3.05) is 7.05 Å². The van der Waals surface area contributed by atoms with E-state index >= 15 is 0 Å². The van der Waals surface area contributed by atoms with Gasteiger partial charge in [-0.25, -0.2) is 0 Å². The van der Waals surface area contributed by atoms with Crippen LogP contribution < -0.4 is 0 Å². The number of rotatable bonds is 2. The summed E-state index contributed by atoms with van der Waals surface area (Å²) in [4.78, 5) is 2.31. The molecule has 16 heavy (non-hydrogen) atoms. The third-order valence-electron chi connectivity index (χ3n) is 3.29. The van der Waals surface area contributed by atoms with Crippen molar-refractivity contribution in [1.29, 1.82) is 0 Å². The molecular weight excluding hydrogens is 194 g/mol. The van der Waals surface area contributed by atoms with Gasteiger partial charge < -0.3 is 4.90 Å². The Morgan fingerprint density at radius 3 is 2.88 bits per heavy atom. The van der Waals surface area contributed by atoms with Gasteiger partial charge in [0.15, 0.2) is 0 Å². The first-order valence-corrected chi connectivity index (χ1v) is 5.66. The van der Waals surface area contributed by atoms with Crippen molar-refractivity contribution in [1.82, 2.24) is 4.90 Å². The summed E-state index contributed by atoms with van der Waals surface area (Å²) in [7, 11) is 2.13. The third-order valence-corrected chi connectivity index (χ3v) is 3.29. The fraction of sp³-hybridized carbons (Fsp3) is 0.333. The zero-order valence-electron chi connectivity index (χ0n) is 9.85. The zero-order valence-corrected chi connectivity index (χ0v) is 9.85. The Labute approximate surface area is 97.8 Å². The monoisotopic (exact) mass is 211 g/mol. The number of hydrogen-bond donors (Lipinski definition) is 0. The predicted molar refractivity (Wildman–Crippen MR) is 68.6 cm³/mol. The summed E-state index contributed by atoms with van der Waals surface area (Å²) in [5.41, 5.74) is 2.65. The van der Waals surface area contributed by atoms with Gasteiger partial charge in [0, 0.05) is 25.1 Å². The standard InChI is InChI=1S/C15H17N/c1-4-8-12-13-10-6-7-11-15(13)16(3)14(12)9-5-2/h2,4,6-8,10-11,13,15H,9H2,1,3H3/b8-4-. The average Bonchev–Trinajstić information content (AvgIpc) is 2.57. The van der Waals surface area contributed by atoms with Crippen molar-refractivity contribution in [3.05, 3.63) is 47.7 Å². The molecule has 0 aromatic heterocycles. The van der Waals surface area contributed by atoms with Crippen LogP contribution >= 0.6 is 0 Å². The van der Waals surface area contributed by atoms with Gasteiger partial charge in [-0.2, -0.15) is 0 Å². The topological polar surface area (TPSA) is 3.24 Å². The molecule has 2 atom stereocenters. The van der Waals surface area contributed by atoms with Crippen LogP contribution in [0.3, 0.4) is 0 Å². The van der Waals surface area contributed by atoms with Gasteiger partial charge in [-0.3, -0.25) is 0 Å². The molecule has 1 nitrogen and oxygen atoms in total.